The summed E-state index contributed by atoms with van der Waals surface area (Å²) >= 11 is 0. The van der Waals surface area contributed by atoms with Gasteiger partial charge in [0, 0.05) is 17.0 Å². The van der Waals surface area contributed by atoms with Crippen LogP contribution in [0.5, 0.6) is 5.88 Å². The van der Waals surface area contributed by atoms with Crippen LogP contribution in [0.3, 0.4) is 0 Å². The van der Waals surface area contributed by atoms with Crippen LogP contribution < -0.4 is 15.2 Å². The number of carbonyl (C=O) groups is 1. The van der Waals surface area contributed by atoms with E-state index in [0.29, 0.717) is 24.9 Å². The summed E-state index contributed by atoms with van der Waals surface area (Å²) in [6.45, 7) is 7.62. The Morgan fingerprint density at radius 1 is 1.38 bits per heavy atom. The van der Waals surface area contributed by atoms with Crippen molar-refractivity contribution in [2.45, 2.75) is 76.2 Å². The van der Waals surface area contributed by atoms with Gasteiger partial charge in [0.25, 0.3) is 0 Å². The molecule has 2 aromatic rings. The lowest BCUT2D eigenvalue weighted by Gasteiger charge is -2.23. The Kier molecular flexibility index (Phi) is 5.05. The maximum atomic E-state index is 13.2. The molecule has 9 nitrogen and oxygen atoms in total. The number of aromatic nitrogens is 3. The standard InChI is InChI=1S/C22H30N6O3S/c1-4-13-11-28-20(31-12-13)17(10-24-28)32(23,30)27-21(29)26-18-14-6-5-7-16(14)25-19-15(18)8-9-22(19,2)3/h10,13H,4-9,11-12H2,1-3H3,(H3,23,25,26,27,29,30). The van der Waals surface area contributed by atoms with Crippen molar-refractivity contribution in [1.29, 1.82) is 0 Å². The zero-order valence-corrected chi connectivity index (χ0v) is 19.6. The molecule has 172 valence electrons. The normalized spacial score (nSPS) is 22.3. The summed E-state index contributed by atoms with van der Waals surface area (Å²) in [5.41, 5.74) is 5.00. The first-order chi connectivity index (χ1) is 15.2. The van der Waals surface area contributed by atoms with Crippen molar-refractivity contribution < 1.29 is 13.7 Å². The number of pyridine rings is 1. The van der Waals surface area contributed by atoms with Gasteiger partial charge >= 0.3 is 6.03 Å². The molecule has 0 radical (unpaired) electrons. The molecule has 0 aromatic carbocycles. The van der Waals surface area contributed by atoms with Crippen molar-refractivity contribution >= 4 is 21.6 Å². The topological polar surface area (TPSA) is 124 Å². The Morgan fingerprint density at radius 2 is 2.19 bits per heavy atom. The Bertz CT molecular complexity index is 1220. The van der Waals surface area contributed by atoms with E-state index in [1.807, 2.05) is 0 Å². The number of hydrogen-bond acceptors (Lipinski definition) is 5. The maximum absolute atomic E-state index is 13.2. The second kappa shape index (κ2) is 7.55. The van der Waals surface area contributed by atoms with Gasteiger partial charge in [-0.1, -0.05) is 20.8 Å². The summed E-state index contributed by atoms with van der Waals surface area (Å²) in [5.74, 6) is 0.677. The number of urea groups is 1. The molecule has 2 amide bonds. The first-order valence-corrected chi connectivity index (χ1v) is 12.9. The van der Waals surface area contributed by atoms with E-state index in [9.17, 15) is 9.00 Å². The Morgan fingerprint density at radius 3 is 2.97 bits per heavy atom. The van der Waals surface area contributed by atoms with Gasteiger partial charge in [0.1, 0.15) is 4.90 Å². The fraction of sp³-hybridized carbons (Fsp3) is 0.591. The summed E-state index contributed by atoms with van der Waals surface area (Å²) in [6, 6.07) is -0.716. The van der Waals surface area contributed by atoms with E-state index in [-0.39, 0.29) is 10.3 Å². The Balaban J connectivity index is 1.47. The molecule has 3 heterocycles. The number of rotatable bonds is 3. The molecule has 0 fully saturated rings. The minimum atomic E-state index is -3.51. The number of ether oxygens (including phenoxy) is 1. The van der Waals surface area contributed by atoms with E-state index >= 15 is 0 Å². The predicted molar refractivity (Wildman–Crippen MR) is 121 cm³/mol. The molecule has 0 saturated heterocycles. The van der Waals surface area contributed by atoms with E-state index in [1.54, 1.807) is 4.68 Å². The highest BCUT2D eigenvalue weighted by molar-refractivity contribution is 7.91. The summed E-state index contributed by atoms with van der Waals surface area (Å²) in [4.78, 5) is 18.0. The molecule has 3 N–H and O–H groups in total. The summed E-state index contributed by atoms with van der Waals surface area (Å²) in [5, 5.41) is 13.2. The van der Waals surface area contributed by atoms with Gasteiger partial charge in [-0.05, 0) is 49.7 Å². The van der Waals surface area contributed by atoms with Gasteiger partial charge in [0.05, 0.1) is 30.7 Å². The quantitative estimate of drug-likeness (QED) is 0.730. The third kappa shape index (κ3) is 3.49. The van der Waals surface area contributed by atoms with Gasteiger partial charge in [-0.15, -0.1) is 4.36 Å². The lowest BCUT2D eigenvalue weighted by molar-refractivity contribution is 0.157. The number of fused-ring (bicyclic) bond motifs is 3. The van der Waals surface area contributed by atoms with Crippen molar-refractivity contribution in [2.75, 3.05) is 11.9 Å². The molecule has 0 spiro atoms. The minimum absolute atomic E-state index is 0.0318. The highest BCUT2D eigenvalue weighted by Gasteiger charge is 2.36. The average Bonchev–Trinajstić information content (AvgIpc) is 3.44. The average molecular weight is 459 g/mol. The molecule has 1 aliphatic heterocycles. The first kappa shape index (κ1) is 21.4. The van der Waals surface area contributed by atoms with Crippen LogP contribution in [0.2, 0.25) is 0 Å². The SMILES string of the molecule is CCC1COc2c(S(N)(=O)=NC(=O)Nc3c4c(nc5c3CCC5(C)C)CCC4)cnn2C1. The molecule has 2 atom stereocenters. The molecule has 5 rings (SSSR count). The van der Waals surface area contributed by atoms with Crippen LogP contribution in [0, 0.1) is 5.92 Å². The third-order valence-corrected chi connectivity index (χ3v) is 8.30. The van der Waals surface area contributed by atoms with Crippen molar-refractivity contribution in [2.24, 2.45) is 15.4 Å². The van der Waals surface area contributed by atoms with Gasteiger partial charge in [-0.2, -0.15) is 5.10 Å². The molecule has 2 aromatic heterocycles. The van der Waals surface area contributed by atoms with E-state index in [1.165, 1.54) is 6.20 Å². The molecule has 2 unspecified atom stereocenters. The van der Waals surface area contributed by atoms with E-state index in [2.05, 4.69) is 35.5 Å². The number of nitrogens with zero attached hydrogens (tertiary/aromatic N) is 4. The maximum Gasteiger partial charge on any atom is 0.354 e. The van der Waals surface area contributed by atoms with Crippen molar-refractivity contribution in [3.63, 3.8) is 0 Å². The van der Waals surface area contributed by atoms with Crippen LogP contribution >= 0.6 is 0 Å². The number of nitrogens with two attached hydrogens (primary N) is 1. The lowest BCUT2D eigenvalue weighted by atomic mass is 9.90. The number of anilines is 1. The Hall–Kier alpha value is -2.46. The summed E-state index contributed by atoms with van der Waals surface area (Å²) < 4.78 is 24.6. The number of hydrogen-bond donors (Lipinski definition) is 2. The first-order valence-electron chi connectivity index (χ1n) is 11.3. The molecule has 0 bridgehead atoms. The van der Waals surface area contributed by atoms with Crippen LogP contribution in [0.4, 0.5) is 10.5 Å². The minimum Gasteiger partial charge on any atom is -0.477 e. The largest absolute Gasteiger partial charge is 0.477 e. The predicted octanol–water partition coefficient (Wildman–Crippen LogP) is 3.34. The number of amides is 2. The zero-order valence-electron chi connectivity index (χ0n) is 18.8. The number of nitrogens with one attached hydrogen (secondary N) is 1. The molecule has 32 heavy (non-hydrogen) atoms. The van der Waals surface area contributed by atoms with Crippen molar-refractivity contribution in [3.8, 4) is 5.88 Å². The van der Waals surface area contributed by atoms with Gasteiger partial charge in [0.15, 0.2) is 9.92 Å². The molecular formula is C22H30N6O3S. The molecule has 0 saturated carbocycles. The van der Waals surface area contributed by atoms with Gasteiger partial charge in [0.2, 0.25) is 5.88 Å². The summed E-state index contributed by atoms with van der Waals surface area (Å²) in [6.07, 6.45) is 6.97. The summed E-state index contributed by atoms with van der Waals surface area (Å²) in [7, 11) is -3.51. The van der Waals surface area contributed by atoms with Crippen LogP contribution in [0.15, 0.2) is 15.5 Å². The number of carbonyl (C=O) groups excluding carboxylic acids is 1. The monoisotopic (exact) mass is 458 g/mol. The van der Waals surface area contributed by atoms with Crippen LogP contribution in [-0.4, -0.2) is 31.6 Å². The third-order valence-electron chi connectivity index (χ3n) is 6.96. The fourth-order valence-electron chi connectivity index (χ4n) is 5.01. The van der Waals surface area contributed by atoms with E-state index in [4.69, 9.17) is 14.9 Å². The second-order valence-corrected chi connectivity index (χ2v) is 11.4. The lowest BCUT2D eigenvalue weighted by Crippen LogP contribution is -2.26. The highest BCUT2D eigenvalue weighted by atomic mass is 32.2. The molecule has 2 aliphatic carbocycles. The van der Waals surface area contributed by atoms with Crippen LogP contribution in [-0.2, 0) is 41.1 Å². The van der Waals surface area contributed by atoms with Gasteiger partial charge < -0.3 is 10.1 Å². The number of aryl methyl sites for hydroxylation is 1. The van der Waals surface area contributed by atoms with E-state index in [0.717, 1.165) is 66.7 Å². The smallest absolute Gasteiger partial charge is 0.354 e. The van der Waals surface area contributed by atoms with Gasteiger partial charge in [-0.3, -0.25) is 4.98 Å². The second-order valence-electron chi connectivity index (χ2n) is 9.65. The van der Waals surface area contributed by atoms with Gasteiger partial charge in [-0.25, -0.2) is 18.8 Å². The van der Waals surface area contributed by atoms with E-state index < -0.39 is 15.9 Å². The molecule has 3 aliphatic rings. The molecular weight excluding hydrogens is 428 g/mol. The van der Waals surface area contributed by atoms with Crippen molar-refractivity contribution in [3.05, 3.63) is 28.7 Å². The van der Waals surface area contributed by atoms with Crippen LogP contribution in [0.1, 0.15) is 62.5 Å². The molecule has 10 heteroatoms. The fourth-order valence-corrected chi connectivity index (χ4v) is 6.01. The van der Waals surface area contributed by atoms with Crippen LogP contribution in [0.25, 0.3) is 0 Å². The highest BCUT2D eigenvalue weighted by Crippen LogP contribution is 2.44. The Labute approximate surface area is 188 Å². The van der Waals surface area contributed by atoms with Crippen molar-refractivity contribution in [1.82, 2.24) is 14.8 Å². The zero-order chi connectivity index (χ0) is 22.7.